The van der Waals surface area contributed by atoms with Gasteiger partial charge < -0.3 is 24.0 Å². The van der Waals surface area contributed by atoms with Crippen molar-refractivity contribution in [3.05, 3.63) is 72.1 Å². The smallest absolute Gasteiger partial charge is 0.307 e. The molecule has 0 bridgehead atoms. The highest BCUT2D eigenvalue weighted by molar-refractivity contribution is 5.98. The number of hydrogen-bond acceptors (Lipinski definition) is 7. The summed E-state index contributed by atoms with van der Waals surface area (Å²) < 4.78 is 16.2. The lowest BCUT2D eigenvalue weighted by Gasteiger charge is -2.24. The second-order valence-corrected chi connectivity index (χ2v) is 8.55. The molecule has 9 nitrogen and oxygen atoms in total. The maximum Gasteiger partial charge on any atom is 0.307 e. The van der Waals surface area contributed by atoms with Crippen LogP contribution >= 0.6 is 0 Å². The zero-order valence-electron chi connectivity index (χ0n) is 20.4. The summed E-state index contributed by atoms with van der Waals surface area (Å²) in [6, 6.07) is 16.9. The molecule has 0 unspecified atom stereocenters. The van der Waals surface area contributed by atoms with E-state index in [2.05, 4.69) is 4.98 Å². The highest BCUT2D eigenvalue weighted by atomic mass is 16.5. The van der Waals surface area contributed by atoms with Gasteiger partial charge in [-0.05, 0) is 29.1 Å². The van der Waals surface area contributed by atoms with Gasteiger partial charge in [0.1, 0.15) is 18.0 Å². The number of ether oxygens (including phenoxy) is 3. The number of nitrogens with zero attached hydrogens (tertiary/aromatic N) is 3. The van der Waals surface area contributed by atoms with Gasteiger partial charge in [0.2, 0.25) is 5.91 Å². The Hall–Kier alpha value is -3.98. The molecule has 2 aromatic carbocycles. The number of benzene rings is 2. The maximum absolute atomic E-state index is 13.4. The molecule has 1 aliphatic heterocycles. The van der Waals surface area contributed by atoms with Gasteiger partial charge in [0.05, 0.1) is 33.4 Å². The van der Waals surface area contributed by atoms with Crippen molar-refractivity contribution in [1.29, 1.82) is 0 Å². The van der Waals surface area contributed by atoms with Crippen molar-refractivity contribution in [1.82, 2.24) is 14.8 Å². The van der Waals surface area contributed by atoms with Crippen LogP contribution in [0.15, 0.2) is 60.8 Å². The van der Waals surface area contributed by atoms with Gasteiger partial charge in [-0.3, -0.25) is 19.4 Å². The van der Waals surface area contributed by atoms with Crippen LogP contribution in [0.4, 0.5) is 0 Å². The molecule has 2 heterocycles. The Balaban J connectivity index is 1.53. The quantitative estimate of drug-likeness (QED) is 0.447. The van der Waals surface area contributed by atoms with E-state index in [-0.39, 0.29) is 56.7 Å². The molecular weight excluding hydrogens is 462 g/mol. The zero-order chi connectivity index (χ0) is 25.5. The summed E-state index contributed by atoms with van der Waals surface area (Å²) in [5, 5.41) is 1.82. The van der Waals surface area contributed by atoms with Crippen LogP contribution < -0.4 is 4.74 Å². The molecule has 1 saturated heterocycles. The number of methoxy groups -OCH3 is 2. The van der Waals surface area contributed by atoms with Gasteiger partial charge >= 0.3 is 5.97 Å². The van der Waals surface area contributed by atoms with Crippen molar-refractivity contribution in [2.75, 3.05) is 40.4 Å². The molecule has 1 fully saturated rings. The molecule has 3 aromatic rings. The molecule has 0 aliphatic carbocycles. The molecule has 9 heteroatoms. The van der Waals surface area contributed by atoms with E-state index >= 15 is 0 Å². The van der Waals surface area contributed by atoms with Gasteiger partial charge in [-0.1, -0.05) is 36.4 Å². The van der Waals surface area contributed by atoms with Crippen molar-refractivity contribution in [2.45, 2.75) is 19.1 Å². The molecule has 0 saturated carbocycles. The SMILES string of the molecule is COC(=O)CCN1C[C@@H](OCc2cccc(OC)c2)CN(C(=O)c2cc3ccccc3cn2)CC1=O. The summed E-state index contributed by atoms with van der Waals surface area (Å²) in [5.41, 5.74) is 1.16. The number of fused-ring (bicyclic) bond motifs is 1. The normalized spacial score (nSPS) is 16.1. The first-order valence-electron chi connectivity index (χ1n) is 11.7. The average molecular weight is 492 g/mol. The van der Waals surface area contributed by atoms with Crippen LogP contribution in [0.25, 0.3) is 10.8 Å². The minimum atomic E-state index is -0.468. The fourth-order valence-corrected chi connectivity index (χ4v) is 4.12. The Morgan fingerprint density at radius 1 is 1.03 bits per heavy atom. The topological polar surface area (TPSA) is 98.3 Å². The number of amides is 2. The van der Waals surface area contributed by atoms with Crippen LogP contribution in [0.2, 0.25) is 0 Å². The summed E-state index contributed by atoms with van der Waals surface area (Å²) in [6.07, 6.45) is 1.25. The molecule has 2 amide bonds. The summed E-state index contributed by atoms with van der Waals surface area (Å²) >= 11 is 0. The molecule has 1 aromatic heterocycles. The number of rotatable bonds is 8. The summed E-state index contributed by atoms with van der Waals surface area (Å²) in [7, 11) is 2.91. The van der Waals surface area contributed by atoms with Crippen LogP contribution in [0.1, 0.15) is 22.5 Å². The minimum Gasteiger partial charge on any atom is -0.497 e. The van der Waals surface area contributed by atoms with E-state index in [1.807, 2.05) is 48.5 Å². The van der Waals surface area contributed by atoms with Crippen LogP contribution in [0.3, 0.4) is 0 Å². The van der Waals surface area contributed by atoms with E-state index in [1.54, 1.807) is 24.3 Å². The number of carbonyl (C=O) groups excluding carboxylic acids is 3. The van der Waals surface area contributed by atoms with Crippen molar-refractivity contribution >= 4 is 28.6 Å². The lowest BCUT2D eigenvalue weighted by molar-refractivity contribution is -0.142. The number of hydrogen-bond donors (Lipinski definition) is 0. The third-order valence-electron chi connectivity index (χ3n) is 6.10. The summed E-state index contributed by atoms with van der Waals surface area (Å²) in [4.78, 5) is 45.5. The zero-order valence-corrected chi connectivity index (χ0v) is 20.4. The highest BCUT2D eigenvalue weighted by Crippen LogP contribution is 2.19. The Kier molecular flexibility index (Phi) is 8.12. The number of carbonyl (C=O) groups is 3. The molecule has 0 radical (unpaired) electrons. The van der Waals surface area contributed by atoms with Crippen molar-refractivity contribution in [3.8, 4) is 5.75 Å². The van der Waals surface area contributed by atoms with E-state index in [4.69, 9.17) is 14.2 Å². The van der Waals surface area contributed by atoms with E-state index in [0.717, 1.165) is 16.3 Å². The summed E-state index contributed by atoms with van der Waals surface area (Å²) in [5.74, 6) is -0.306. The number of aromatic nitrogens is 1. The van der Waals surface area contributed by atoms with Crippen molar-refractivity contribution in [3.63, 3.8) is 0 Å². The van der Waals surface area contributed by atoms with Gasteiger partial charge in [-0.15, -0.1) is 0 Å². The fourth-order valence-electron chi connectivity index (χ4n) is 4.12. The van der Waals surface area contributed by atoms with Crippen LogP contribution in [-0.4, -0.2) is 79.1 Å². The van der Waals surface area contributed by atoms with E-state index in [0.29, 0.717) is 5.75 Å². The molecule has 36 heavy (non-hydrogen) atoms. The van der Waals surface area contributed by atoms with Gasteiger partial charge in [0.25, 0.3) is 5.91 Å². The second kappa shape index (κ2) is 11.6. The van der Waals surface area contributed by atoms with Gasteiger partial charge in [-0.25, -0.2) is 0 Å². The van der Waals surface area contributed by atoms with Gasteiger partial charge in [-0.2, -0.15) is 0 Å². The van der Waals surface area contributed by atoms with E-state index in [9.17, 15) is 14.4 Å². The number of esters is 1. The second-order valence-electron chi connectivity index (χ2n) is 8.55. The Morgan fingerprint density at radius 3 is 2.61 bits per heavy atom. The molecule has 188 valence electrons. The lowest BCUT2D eigenvalue weighted by atomic mass is 10.1. The Labute approximate surface area is 209 Å². The third kappa shape index (κ3) is 6.17. The van der Waals surface area contributed by atoms with Crippen molar-refractivity contribution in [2.24, 2.45) is 0 Å². The Morgan fingerprint density at radius 2 is 1.83 bits per heavy atom. The minimum absolute atomic E-state index is 0.0605. The first-order chi connectivity index (χ1) is 17.5. The van der Waals surface area contributed by atoms with E-state index < -0.39 is 12.1 Å². The molecule has 4 rings (SSSR count). The molecule has 0 N–H and O–H groups in total. The molecule has 1 atom stereocenters. The monoisotopic (exact) mass is 491 g/mol. The Bertz CT molecular complexity index is 1250. The molecule has 0 spiro atoms. The summed E-state index contributed by atoms with van der Waals surface area (Å²) in [6.45, 7) is 0.776. The average Bonchev–Trinajstić information content (AvgIpc) is 3.08. The van der Waals surface area contributed by atoms with Crippen LogP contribution in [0, 0.1) is 0 Å². The predicted octanol–water partition coefficient (Wildman–Crippen LogP) is 2.68. The maximum atomic E-state index is 13.4. The van der Waals surface area contributed by atoms with Gasteiger partial charge in [0, 0.05) is 31.2 Å². The van der Waals surface area contributed by atoms with Gasteiger partial charge in [0.15, 0.2) is 0 Å². The lowest BCUT2D eigenvalue weighted by Crippen LogP contribution is -2.40. The molecule has 1 aliphatic rings. The number of pyridine rings is 1. The standard InChI is InChI=1S/C27H29N3O6/c1-34-22-9-5-6-19(12-22)18-36-23-15-29(11-10-26(32)35-2)25(31)17-30(16-23)27(33)24-13-20-7-3-4-8-21(20)14-28-24/h3-9,12-14,23H,10-11,15-18H2,1-2H3/t23-/m1/s1. The van der Waals surface area contributed by atoms with Crippen LogP contribution in [0.5, 0.6) is 5.75 Å². The predicted molar refractivity (Wildman–Crippen MR) is 132 cm³/mol. The van der Waals surface area contributed by atoms with Crippen molar-refractivity contribution < 1.29 is 28.6 Å². The fraction of sp³-hybridized carbons (Fsp3) is 0.333. The third-order valence-corrected chi connectivity index (χ3v) is 6.10. The largest absolute Gasteiger partial charge is 0.497 e. The first-order valence-corrected chi connectivity index (χ1v) is 11.7. The highest BCUT2D eigenvalue weighted by Gasteiger charge is 2.32. The van der Waals surface area contributed by atoms with E-state index in [1.165, 1.54) is 12.0 Å². The van der Waals surface area contributed by atoms with Crippen LogP contribution in [-0.2, 0) is 25.7 Å². The first kappa shape index (κ1) is 25.1. The molecular formula is C27H29N3O6.